The maximum Gasteiger partial charge on any atom is 0.256 e. The molecule has 29 heavy (non-hydrogen) atoms. The standard InChI is InChI=1S/C24H27N3O2/c28-24-20-6-2-1-5-19(20)22-15-17-7-8-18(16-21(17)23(22)26-24)25-9-3-10-27-11-4-13-29-14-12-27/h1-2,5-8,16,25H,3-4,9-15H2,(H,26,28). The Morgan fingerprint density at radius 2 is 1.97 bits per heavy atom. The number of benzene rings is 2. The highest BCUT2D eigenvalue weighted by molar-refractivity contribution is 5.93. The van der Waals surface area contributed by atoms with E-state index >= 15 is 0 Å². The monoisotopic (exact) mass is 389 g/mol. The number of H-pyrrole nitrogens is 1. The molecule has 5 heteroatoms. The molecule has 1 aromatic heterocycles. The van der Waals surface area contributed by atoms with Crippen molar-refractivity contribution in [3.05, 3.63) is 63.9 Å². The number of rotatable bonds is 5. The number of hydrogen-bond acceptors (Lipinski definition) is 4. The summed E-state index contributed by atoms with van der Waals surface area (Å²) in [5.41, 5.74) is 5.75. The molecule has 0 atom stereocenters. The molecule has 0 radical (unpaired) electrons. The minimum Gasteiger partial charge on any atom is -0.385 e. The van der Waals surface area contributed by atoms with E-state index in [1.165, 1.54) is 11.1 Å². The van der Waals surface area contributed by atoms with Crippen molar-refractivity contribution in [1.82, 2.24) is 9.88 Å². The van der Waals surface area contributed by atoms with Crippen LogP contribution >= 0.6 is 0 Å². The summed E-state index contributed by atoms with van der Waals surface area (Å²) in [4.78, 5) is 18.2. The Bertz CT molecular complexity index is 1080. The second kappa shape index (κ2) is 8.01. The van der Waals surface area contributed by atoms with Gasteiger partial charge in [-0.15, -0.1) is 0 Å². The fourth-order valence-corrected chi connectivity index (χ4v) is 4.57. The summed E-state index contributed by atoms with van der Waals surface area (Å²) in [6.45, 7) is 5.96. The van der Waals surface area contributed by atoms with Gasteiger partial charge in [0.2, 0.25) is 0 Å². The van der Waals surface area contributed by atoms with Crippen LogP contribution < -0.4 is 10.9 Å². The fourth-order valence-electron chi connectivity index (χ4n) is 4.57. The average Bonchev–Trinajstić information content (AvgIpc) is 2.92. The van der Waals surface area contributed by atoms with Crippen LogP contribution in [0, 0.1) is 0 Å². The molecule has 5 rings (SSSR count). The van der Waals surface area contributed by atoms with Crippen molar-refractivity contribution in [1.29, 1.82) is 0 Å². The van der Waals surface area contributed by atoms with Gasteiger partial charge in [-0.25, -0.2) is 0 Å². The van der Waals surface area contributed by atoms with Crippen LogP contribution in [0.25, 0.3) is 22.0 Å². The van der Waals surface area contributed by atoms with Gasteiger partial charge in [-0.2, -0.15) is 0 Å². The van der Waals surface area contributed by atoms with E-state index in [-0.39, 0.29) is 5.56 Å². The number of aromatic nitrogens is 1. The van der Waals surface area contributed by atoms with Gasteiger partial charge in [0.05, 0.1) is 12.3 Å². The van der Waals surface area contributed by atoms with Gasteiger partial charge in [0.25, 0.3) is 5.56 Å². The molecule has 1 fully saturated rings. The number of anilines is 1. The molecule has 0 bridgehead atoms. The zero-order valence-corrected chi connectivity index (χ0v) is 16.7. The molecule has 1 aliphatic carbocycles. The highest BCUT2D eigenvalue weighted by atomic mass is 16.5. The molecule has 0 unspecified atom stereocenters. The molecular formula is C24H27N3O2. The van der Waals surface area contributed by atoms with E-state index in [4.69, 9.17) is 4.74 Å². The lowest BCUT2D eigenvalue weighted by Gasteiger charge is -2.19. The summed E-state index contributed by atoms with van der Waals surface area (Å²) in [7, 11) is 0. The van der Waals surface area contributed by atoms with Crippen molar-refractivity contribution in [3.63, 3.8) is 0 Å². The molecule has 2 heterocycles. The smallest absolute Gasteiger partial charge is 0.256 e. The molecule has 1 saturated heterocycles. The first-order valence-electron chi connectivity index (χ1n) is 10.6. The number of aromatic amines is 1. The SMILES string of the molecule is O=c1[nH]c2c(c3ccccc13)Cc1ccc(NCCCN3CCCOCC3)cc1-2. The van der Waals surface area contributed by atoms with E-state index in [9.17, 15) is 4.79 Å². The van der Waals surface area contributed by atoms with Crippen LogP contribution in [0.15, 0.2) is 47.3 Å². The summed E-state index contributed by atoms with van der Waals surface area (Å²) in [6, 6.07) is 14.4. The zero-order chi connectivity index (χ0) is 19.6. The first-order valence-corrected chi connectivity index (χ1v) is 10.6. The van der Waals surface area contributed by atoms with Gasteiger partial charge in [-0.1, -0.05) is 24.3 Å². The lowest BCUT2D eigenvalue weighted by Crippen LogP contribution is -2.28. The number of nitrogens with one attached hydrogen (secondary N) is 2. The third kappa shape index (κ3) is 3.68. The van der Waals surface area contributed by atoms with E-state index in [0.29, 0.717) is 0 Å². The first-order chi connectivity index (χ1) is 14.3. The lowest BCUT2D eigenvalue weighted by atomic mass is 10.0. The molecule has 150 valence electrons. The van der Waals surface area contributed by atoms with E-state index in [0.717, 1.165) is 86.4 Å². The highest BCUT2D eigenvalue weighted by Gasteiger charge is 2.22. The Morgan fingerprint density at radius 3 is 2.90 bits per heavy atom. The van der Waals surface area contributed by atoms with Gasteiger partial charge in [0.1, 0.15) is 0 Å². The largest absolute Gasteiger partial charge is 0.385 e. The number of ether oxygens (including phenoxy) is 1. The third-order valence-corrected chi connectivity index (χ3v) is 6.08. The second-order valence-corrected chi connectivity index (χ2v) is 7.99. The normalized spacial score (nSPS) is 16.4. The molecular weight excluding hydrogens is 362 g/mol. The van der Waals surface area contributed by atoms with Crippen molar-refractivity contribution in [2.45, 2.75) is 19.3 Å². The Balaban J connectivity index is 1.30. The quantitative estimate of drug-likeness (QED) is 0.512. The van der Waals surface area contributed by atoms with Crippen LogP contribution in [-0.4, -0.2) is 49.3 Å². The van der Waals surface area contributed by atoms with Gasteiger partial charge in [-0.05, 0) is 54.1 Å². The van der Waals surface area contributed by atoms with E-state index < -0.39 is 0 Å². The summed E-state index contributed by atoms with van der Waals surface area (Å²) >= 11 is 0. The summed E-state index contributed by atoms with van der Waals surface area (Å²) in [5.74, 6) is 0. The lowest BCUT2D eigenvalue weighted by molar-refractivity contribution is 0.141. The van der Waals surface area contributed by atoms with E-state index in [2.05, 4.69) is 39.5 Å². The van der Waals surface area contributed by atoms with E-state index in [1.807, 2.05) is 18.2 Å². The van der Waals surface area contributed by atoms with Crippen LogP contribution in [0.3, 0.4) is 0 Å². The highest BCUT2D eigenvalue weighted by Crippen LogP contribution is 2.39. The van der Waals surface area contributed by atoms with Crippen LogP contribution in [0.2, 0.25) is 0 Å². The molecule has 0 amide bonds. The molecule has 2 aliphatic rings. The fraction of sp³-hybridized carbons (Fsp3) is 0.375. The minimum atomic E-state index is -0.00742. The predicted molar refractivity (Wildman–Crippen MR) is 118 cm³/mol. The molecule has 2 aromatic carbocycles. The summed E-state index contributed by atoms with van der Waals surface area (Å²) in [5, 5.41) is 5.40. The van der Waals surface area contributed by atoms with Crippen LogP contribution in [0.5, 0.6) is 0 Å². The van der Waals surface area contributed by atoms with Crippen LogP contribution in [0.1, 0.15) is 24.0 Å². The Labute approximate surface area is 170 Å². The van der Waals surface area contributed by atoms with Crippen molar-refractivity contribution in [2.75, 3.05) is 44.7 Å². The maximum atomic E-state index is 12.5. The average molecular weight is 389 g/mol. The summed E-state index contributed by atoms with van der Waals surface area (Å²) in [6.07, 6.45) is 3.11. The van der Waals surface area contributed by atoms with Crippen LogP contribution in [0.4, 0.5) is 5.69 Å². The molecule has 5 nitrogen and oxygen atoms in total. The van der Waals surface area contributed by atoms with Crippen molar-refractivity contribution < 1.29 is 4.74 Å². The number of pyridine rings is 1. The Kier molecular flexibility index (Phi) is 5.08. The van der Waals surface area contributed by atoms with Gasteiger partial charge >= 0.3 is 0 Å². The number of hydrogen-bond donors (Lipinski definition) is 2. The third-order valence-electron chi connectivity index (χ3n) is 6.08. The van der Waals surface area contributed by atoms with Gasteiger partial charge in [-0.3, -0.25) is 4.79 Å². The van der Waals surface area contributed by atoms with Gasteiger partial charge in [0, 0.05) is 49.3 Å². The Morgan fingerprint density at radius 1 is 1.07 bits per heavy atom. The predicted octanol–water partition coefficient (Wildman–Crippen LogP) is 3.62. The van der Waals surface area contributed by atoms with E-state index in [1.54, 1.807) is 0 Å². The maximum absolute atomic E-state index is 12.5. The van der Waals surface area contributed by atoms with Gasteiger partial charge in [0.15, 0.2) is 0 Å². The molecule has 0 spiro atoms. The zero-order valence-electron chi connectivity index (χ0n) is 16.7. The van der Waals surface area contributed by atoms with Crippen molar-refractivity contribution in [3.8, 4) is 11.3 Å². The number of nitrogens with zero attached hydrogens (tertiary/aromatic N) is 1. The van der Waals surface area contributed by atoms with Crippen molar-refractivity contribution in [2.24, 2.45) is 0 Å². The molecule has 1 aliphatic heterocycles. The Hall–Kier alpha value is -2.63. The summed E-state index contributed by atoms with van der Waals surface area (Å²) < 4.78 is 5.52. The number of fused-ring (bicyclic) bond motifs is 5. The molecule has 3 aromatic rings. The van der Waals surface area contributed by atoms with Gasteiger partial charge < -0.3 is 19.9 Å². The van der Waals surface area contributed by atoms with Crippen LogP contribution in [-0.2, 0) is 11.2 Å². The molecule has 2 N–H and O–H groups in total. The minimum absolute atomic E-state index is 0.00742. The second-order valence-electron chi connectivity index (χ2n) is 7.99. The molecule has 0 saturated carbocycles. The van der Waals surface area contributed by atoms with Crippen molar-refractivity contribution >= 4 is 16.5 Å². The topological polar surface area (TPSA) is 57.4 Å². The first kappa shape index (κ1) is 18.4.